The smallest absolute Gasteiger partial charge is 0.419 e. The summed E-state index contributed by atoms with van der Waals surface area (Å²) in [4.78, 5) is 0. The van der Waals surface area contributed by atoms with Crippen molar-refractivity contribution in [3.63, 3.8) is 0 Å². The van der Waals surface area contributed by atoms with Crippen LogP contribution in [0.3, 0.4) is 0 Å². The third-order valence-corrected chi connectivity index (χ3v) is 3.45. The van der Waals surface area contributed by atoms with Gasteiger partial charge in [-0.1, -0.05) is 22.4 Å². The van der Waals surface area contributed by atoms with Gasteiger partial charge in [0.15, 0.2) is 5.84 Å². The maximum absolute atomic E-state index is 13.2. The number of nitrogens with zero attached hydrogens (tertiary/aromatic N) is 1. The lowest BCUT2D eigenvalue weighted by Crippen LogP contribution is -2.16. The van der Waals surface area contributed by atoms with Gasteiger partial charge in [-0.3, -0.25) is 0 Å². The highest BCUT2D eigenvalue weighted by Crippen LogP contribution is 2.36. The Balaban J connectivity index is 2.86. The molecule has 0 unspecified atom stereocenters. The average molecular weight is 356 g/mol. The molecule has 1 aromatic rings. The Hall–Kier alpha value is -2.44. The molecule has 0 fully saturated rings. The lowest BCUT2D eigenvalue weighted by molar-refractivity contribution is -0.138. The molecule has 4 nitrogen and oxygen atoms in total. The van der Waals surface area contributed by atoms with Gasteiger partial charge in [0.05, 0.1) is 5.56 Å². The van der Waals surface area contributed by atoms with Gasteiger partial charge in [-0.05, 0) is 57.9 Å². The summed E-state index contributed by atoms with van der Waals surface area (Å²) in [6, 6.07) is 3.28. The third kappa shape index (κ3) is 6.91. The predicted octanol–water partition coefficient (Wildman–Crippen LogP) is 4.87. The van der Waals surface area contributed by atoms with Crippen LogP contribution in [0, 0.1) is 0 Å². The molecule has 25 heavy (non-hydrogen) atoms. The zero-order valence-corrected chi connectivity index (χ0v) is 14.5. The van der Waals surface area contributed by atoms with Gasteiger partial charge in [0.25, 0.3) is 0 Å². The summed E-state index contributed by atoms with van der Waals surface area (Å²) < 4.78 is 44.8. The molecule has 0 saturated carbocycles. The van der Waals surface area contributed by atoms with Gasteiger partial charge in [0.1, 0.15) is 12.4 Å². The van der Waals surface area contributed by atoms with E-state index in [0.717, 1.165) is 24.5 Å². The molecule has 138 valence electrons. The normalized spacial score (nSPS) is 12.9. The molecular formula is C18H23F3N2O2. The monoisotopic (exact) mass is 356 g/mol. The first-order valence-corrected chi connectivity index (χ1v) is 7.76. The minimum absolute atomic E-state index is 0.0318. The summed E-state index contributed by atoms with van der Waals surface area (Å²) >= 11 is 0. The van der Waals surface area contributed by atoms with Crippen molar-refractivity contribution in [3.8, 4) is 5.75 Å². The number of oxime groups is 1. The molecule has 0 saturated heterocycles. The van der Waals surface area contributed by atoms with Gasteiger partial charge in [-0.25, -0.2) is 0 Å². The highest BCUT2D eigenvalue weighted by atomic mass is 19.4. The number of alkyl halides is 3. The topological polar surface area (TPSA) is 67.8 Å². The van der Waals surface area contributed by atoms with Crippen molar-refractivity contribution in [2.45, 2.75) is 39.8 Å². The molecule has 3 N–H and O–H groups in total. The third-order valence-electron chi connectivity index (χ3n) is 3.45. The van der Waals surface area contributed by atoms with Gasteiger partial charge < -0.3 is 15.7 Å². The SMILES string of the molecule is CC(C)=CCC/C(C)=C/COc1ccc(/C(N)=N/O)cc1C(F)(F)F. The van der Waals surface area contributed by atoms with Gasteiger partial charge >= 0.3 is 6.18 Å². The lowest BCUT2D eigenvalue weighted by Gasteiger charge is -2.14. The highest BCUT2D eigenvalue weighted by Gasteiger charge is 2.35. The molecule has 0 atom stereocenters. The van der Waals surface area contributed by atoms with Crippen molar-refractivity contribution in [1.29, 1.82) is 0 Å². The number of ether oxygens (including phenoxy) is 1. The minimum atomic E-state index is -4.61. The molecule has 0 spiro atoms. The number of hydrogen-bond donors (Lipinski definition) is 2. The maximum Gasteiger partial charge on any atom is 0.419 e. The van der Waals surface area contributed by atoms with Crippen molar-refractivity contribution >= 4 is 5.84 Å². The summed E-state index contributed by atoms with van der Waals surface area (Å²) in [6.07, 6.45) is 0.960. The molecular weight excluding hydrogens is 333 g/mol. The fourth-order valence-electron chi connectivity index (χ4n) is 2.06. The van der Waals surface area contributed by atoms with E-state index >= 15 is 0 Å². The van der Waals surface area contributed by atoms with Crippen LogP contribution in [0.15, 0.2) is 46.7 Å². The Kier molecular flexibility index (Phi) is 7.54. The first-order valence-electron chi connectivity index (χ1n) is 7.76. The summed E-state index contributed by atoms with van der Waals surface area (Å²) in [7, 11) is 0. The van der Waals surface area contributed by atoms with Crippen LogP contribution in [-0.4, -0.2) is 17.6 Å². The van der Waals surface area contributed by atoms with Gasteiger partial charge in [-0.2, -0.15) is 13.2 Å². The van der Waals surface area contributed by atoms with Crippen molar-refractivity contribution < 1.29 is 23.1 Å². The molecule has 0 radical (unpaired) electrons. The van der Waals surface area contributed by atoms with Crippen LogP contribution >= 0.6 is 0 Å². The molecule has 0 heterocycles. The summed E-state index contributed by atoms with van der Waals surface area (Å²) in [5, 5.41) is 11.3. The predicted molar refractivity (Wildman–Crippen MR) is 91.9 cm³/mol. The van der Waals surface area contributed by atoms with Crippen LogP contribution in [0.5, 0.6) is 5.75 Å². The molecule has 0 amide bonds. The molecule has 1 aromatic carbocycles. The van der Waals surface area contributed by atoms with E-state index in [0.29, 0.717) is 0 Å². The lowest BCUT2D eigenvalue weighted by atomic mass is 10.1. The van der Waals surface area contributed by atoms with E-state index in [9.17, 15) is 13.2 Å². The first kappa shape index (κ1) is 20.6. The Morgan fingerprint density at radius 1 is 1.24 bits per heavy atom. The number of rotatable bonds is 7. The van der Waals surface area contributed by atoms with Gasteiger partial charge in [-0.15, -0.1) is 0 Å². The van der Waals surface area contributed by atoms with Gasteiger partial charge in [0.2, 0.25) is 0 Å². The van der Waals surface area contributed by atoms with E-state index < -0.39 is 17.6 Å². The van der Waals surface area contributed by atoms with Gasteiger partial charge in [0, 0.05) is 5.56 Å². The fraction of sp³-hybridized carbons (Fsp3) is 0.389. The number of halogens is 3. The van der Waals surface area contributed by atoms with Crippen molar-refractivity contribution in [3.05, 3.63) is 52.6 Å². The number of hydrogen-bond acceptors (Lipinski definition) is 3. The fourth-order valence-corrected chi connectivity index (χ4v) is 2.06. The molecule has 0 aliphatic heterocycles. The van der Waals surface area contributed by atoms with Crippen LogP contribution in [0.2, 0.25) is 0 Å². The van der Waals surface area contributed by atoms with E-state index in [-0.39, 0.29) is 17.9 Å². The largest absolute Gasteiger partial charge is 0.489 e. The molecule has 0 aromatic heterocycles. The summed E-state index contributed by atoms with van der Waals surface area (Å²) in [6.45, 7) is 5.97. The van der Waals surface area contributed by atoms with E-state index in [4.69, 9.17) is 15.7 Å². The maximum atomic E-state index is 13.2. The van der Waals surface area contributed by atoms with Crippen LogP contribution < -0.4 is 10.5 Å². The van der Waals surface area contributed by atoms with E-state index in [1.54, 1.807) is 6.08 Å². The van der Waals surface area contributed by atoms with Crippen LogP contribution in [0.1, 0.15) is 44.7 Å². The summed E-state index contributed by atoms with van der Waals surface area (Å²) in [5.41, 5.74) is 6.61. The Bertz CT molecular complexity index is 673. The summed E-state index contributed by atoms with van der Waals surface area (Å²) in [5.74, 6) is -0.692. The zero-order valence-electron chi connectivity index (χ0n) is 14.5. The minimum Gasteiger partial charge on any atom is -0.489 e. The second-order valence-corrected chi connectivity index (χ2v) is 5.88. The standard InChI is InChI=1S/C18H23F3N2O2/c1-12(2)5-4-6-13(3)9-10-25-16-8-7-14(17(22)23-24)11-15(16)18(19,20)21/h5,7-9,11,24H,4,6,10H2,1-3H3,(H2,22,23)/b13-9+. The number of nitrogens with two attached hydrogens (primary N) is 1. The molecule has 0 bridgehead atoms. The van der Waals surface area contributed by atoms with Crippen molar-refractivity contribution in [2.75, 3.05) is 6.61 Å². The average Bonchev–Trinajstić information content (AvgIpc) is 2.53. The van der Waals surface area contributed by atoms with Crippen molar-refractivity contribution in [1.82, 2.24) is 0 Å². The van der Waals surface area contributed by atoms with Crippen molar-refractivity contribution in [2.24, 2.45) is 10.9 Å². The first-order chi connectivity index (χ1) is 11.6. The second kappa shape index (κ2) is 9.15. The highest BCUT2D eigenvalue weighted by molar-refractivity contribution is 5.97. The van der Waals surface area contributed by atoms with E-state index in [1.165, 1.54) is 17.7 Å². The number of allylic oxidation sites excluding steroid dienone is 3. The Morgan fingerprint density at radius 2 is 1.92 bits per heavy atom. The second-order valence-electron chi connectivity index (χ2n) is 5.88. The van der Waals surface area contributed by atoms with Crippen LogP contribution in [0.25, 0.3) is 0 Å². The molecule has 7 heteroatoms. The Morgan fingerprint density at radius 3 is 2.48 bits per heavy atom. The Labute approximate surface area is 145 Å². The van der Waals surface area contributed by atoms with Crippen LogP contribution in [0.4, 0.5) is 13.2 Å². The zero-order chi connectivity index (χ0) is 19.0. The van der Waals surface area contributed by atoms with Crippen LogP contribution in [-0.2, 0) is 6.18 Å². The number of amidine groups is 1. The molecule has 0 aliphatic carbocycles. The van der Waals surface area contributed by atoms with E-state index in [2.05, 4.69) is 11.2 Å². The molecule has 0 aliphatic rings. The quantitative estimate of drug-likeness (QED) is 0.241. The molecule has 1 rings (SSSR count). The number of benzene rings is 1. The van der Waals surface area contributed by atoms with E-state index in [1.807, 2.05) is 20.8 Å².